The van der Waals surface area contributed by atoms with E-state index in [1.165, 1.54) is 0 Å². The normalized spacial score (nSPS) is 22.0. The molecule has 2 rings (SSSR count). The average molecular weight is 313 g/mol. The molecule has 118 valence electrons. The van der Waals surface area contributed by atoms with Crippen LogP contribution in [-0.4, -0.2) is 38.9 Å². The molecule has 5 nitrogen and oxygen atoms in total. The zero-order valence-electron chi connectivity index (χ0n) is 12.3. The standard InChI is InChI=1S/C15H23NO4S/c1-2-20-14-10-13(11-14)16-21(18,19)15-7-5-12(6-8-15)4-3-9-17/h5-8,13-14,16-17H,2-4,9-11H2,1H3. The van der Waals surface area contributed by atoms with E-state index in [1.54, 1.807) is 24.3 Å². The zero-order chi connectivity index (χ0) is 15.3. The molecular formula is C15H23NO4S. The van der Waals surface area contributed by atoms with Gasteiger partial charge in [-0.05, 0) is 50.3 Å². The molecule has 1 aliphatic carbocycles. The Morgan fingerprint density at radius 1 is 1.29 bits per heavy atom. The summed E-state index contributed by atoms with van der Waals surface area (Å²) < 4.78 is 32.6. The first kappa shape index (κ1) is 16.4. The van der Waals surface area contributed by atoms with Gasteiger partial charge in [-0.3, -0.25) is 0 Å². The van der Waals surface area contributed by atoms with E-state index >= 15 is 0 Å². The summed E-state index contributed by atoms with van der Waals surface area (Å²) in [6.45, 7) is 2.75. The van der Waals surface area contributed by atoms with Crippen molar-refractivity contribution in [1.82, 2.24) is 4.72 Å². The number of rotatable bonds is 8. The molecular weight excluding hydrogens is 290 g/mol. The second-order valence-electron chi connectivity index (χ2n) is 5.34. The van der Waals surface area contributed by atoms with Crippen molar-refractivity contribution in [3.05, 3.63) is 29.8 Å². The minimum Gasteiger partial charge on any atom is -0.396 e. The van der Waals surface area contributed by atoms with E-state index in [2.05, 4.69) is 4.72 Å². The summed E-state index contributed by atoms with van der Waals surface area (Å²) in [4.78, 5) is 0.287. The van der Waals surface area contributed by atoms with Crippen LogP contribution in [0.15, 0.2) is 29.2 Å². The van der Waals surface area contributed by atoms with Crippen LogP contribution in [0.2, 0.25) is 0 Å². The van der Waals surface area contributed by atoms with Crippen molar-refractivity contribution in [1.29, 1.82) is 0 Å². The molecule has 0 bridgehead atoms. The van der Waals surface area contributed by atoms with Gasteiger partial charge in [0.1, 0.15) is 0 Å². The van der Waals surface area contributed by atoms with Gasteiger partial charge in [0.05, 0.1) is 11.0 Å². The fraction of sp³-hybridized carbons (Fsp3) is 0.600. The van der Waals surface area contributed by atoms with Gasteiger partial charge < -0.3 is 9.84 Å². The van der Waals surface area contributed by atoms with Crippen LogP contribution in [0.3, 0.4) is 0 Å². The minimum absolute atomic E-state index is 0.0272. The molecule has 1 fully saturated rings. The summed E-state index contributed by atoms with van der Waals surface area (Å²) in [7, 11) is -3.45. The Morgan fingerprint density at radius 3 is 2.52 bits per heavy atom. The molecule has 0 radical (unpaired) electrons. The van der Waals surface area contributed by atoms with Crippen molar-refractivity contribution < 1.29 is 18.3 Å². The fourth-order valence-corrected chi connectivity index (χ4v) is 3.70. The molecule has 1 aromatic carbocycles. The van der Waals surface area contributed by atoms with Crippen LogP contribution < -0.4 is 4.72 Å². The maximum absolute atomic E-state index is 12.2. The molecule has 1 saturated carbocycles. The maximum Gasteiger partial charge on any atom is 0.240 e. The van der Waals surface area contributed by atoms with Crippen molar-refractivity contribution in [2.75, 3.05) is 13.2 Å². The number of ether oxygens (including phenoxy) is 1. The van der Waals surface area contributed by atoms with Crippen LogP contribution >= 0.6 is 0 Å². The van der Waals surface area contributed by atoms with Crippen molar-refractivity contribution in [3.8, 4) is 0 Å². The third-order valence-electron chi connectivity index (χ3n) is 3.68. The lowest BCUT2D eigenvalue weighted by atomic mass is 9.90. The first-order valence-electron chi connectivity index (χ1n) is 7.39. The summed E-state index contributed by atoms with van der Waals surface area (Å²) in [5, 5.41) is 8.79. The quantitative estimate of drug-likeness (QED) is 0.762. The van der Waals surface area contributed by atoms with Crippen molar-refractivity contribution in [2.24, 2.45) is 0 Å². The predicted octanol–water partition coefficient (Wildman–Crippen LogP) is 1.46. The Hall–Kier alpha value is -0.950. The van der Waals surface area contributed by atoms with Crippen LogP contribution in [-0.2, 0) is 21.2 Å². The van der Waals surface area contributed by atoms with E-state index < -0.39 is 10.0 Å². The highest BCUT2D eigenvalue weighted by atomic mass is 32.2. The number of aliphatic hydroxyl groups excluding tert-OH is 1. The Morgan fingerprint density at radius 2 is 1.95 bits per heavy atom. The van der Waals surface area contributed by atoms with Gasteiger partial charge in [-0.2, -0.15) is 0 Å². The lowest BCUT2D eigenvalue weighted by Crippen LogP contribution is -2.47. The third-order valence-corrected chi connectivity index (χ3v) is 5.21. The third kappa shape index (κ3) is 4.51. The van der Waals surface area contributed by atoms with E-state index in [4.69, 9.17) is 9.84 Å². The summed E-state index contributed by atoms with van der Waals surface area (Å²) in [6, 6.07) is 6.81. The van der Waals surface area contributed by atoms with Gasteiger partial charge in [0.25, 0.3) is 0 Å². The molecule has 1 aromatic rings. The van der Waals surface area contributed by atoms with Crippen molar-refractivity contribution >= 4 is 10.0 Å². The lowest BCUT2D eigenvalue weighted by molar-refractivity contribution is -0.00475. The van der Waals surface area contributed by atoms with Gasteiger partial charge in [-0.25, -0.2) is 13.1 Å². The molecule has 6 heteroatoms. The number of benzene rings is 1. The molecule has 0 atom stereocenters. The van der Waals surface area contributed by atoms with Crippen LogP contribution in [0.4, 0.5) is 0 Å². The smallest absolute Gasteiger partial charge is 0.240 e. The van der Waals surface area contributed by atoms with Gasteiger partial charge in [0, 0.05) is 19.3 Å². The van der Waals surface area contributed by atoms with E-state index in [1.807, 2.05) is 6.92 Å². The monoisotopic (exact) mass is 313 g/mol. The highest BCUT2D eigenvalue weighted by Gasteiger charge is 2.33. The highest BCUT2D eigenvalue weighted by Crippen LogP contribution is 2.25. The van der Waals surface area contributed by atoms with Crippen LogP contribution in [0.25, 0.3) is 0 Å². The van der Waals surface area contributed by atoms with E-state index in [-0.39, 0.29) is 23.6 Å². The maximum atomic E-state index is 12.2. The molecule has 0 aromatic heterocycles. The van der Waals surface area contributed by atoms with Gasteiger partial charge in [-0.15, -0.1) is 0 Å². The van der Waals surface area contributed by atoms with Crippen LogP contribution in [0, 0.1) is 0 Å². The Kier molecular flexibility index (Phi) is 5.75. The van der Waals surface area contributed by atoms with Gasteiger partial charge in [-0.1, -0.05) is 12.1 Å². The highest BCUT2D eigenvalue weighted by molar-refractivity contribution is 7.89. The predicted molar refractivity (Wildman–Crippen MR) is 80.6 cm³/mol. The Balaban J connectivity index is 1.90. The summed E-state index contributed by atoms with van der Waals surface area (Å²) in [5.74, 6) is 0. The fourth-order valence-electron chi connectivity index (χ4n) is 2.44. The largest absolute Gasteiger partial charge is 0.396 e. The molecule has 0 unspecified atom stereocenters. The molecule has 0 spiro atoms. The number of aliphatic hydroxyl groups is 1. The summed E-state index contributed by atoms with van der Waals surface area (Å²) >= 11 is 0. The van der Waals surface area contributed by atoms with Gasteiger partial charge in [0.15, 0.2) is 0 Å². The van der Waals surface area contributed by atoms with Crippen molar-refractivity contribution in [2.45, 2.75) is 49.6 Å². The average Bonchev–Trinajstić information content (AvgIpc) is 2.43. The Labute approximate surface area is 126 Å². The number of aryl methyl sites for hydroxylation is 1. The number of sulfonamides is 1. The van der Waals surface area contributed by atoms with E-state index in [0.29, 0.717) is 13.0 Å². The van der Waals surface area contributed by atoms with Crippen LogP contribution in [0.1, 0.15) is 31.7 Å². The topological polar surface area (TPSA) is 75.6 Å². The second-order valence-corrected chi connectivity index (χ2v) is 7.05. The van der Waals surface area contributed by atoms with Crippen LogP contribution in [0.5, 0.6) is 0 Å². The van der Waals surface area contributed by atoms with Crippen molar-refractivity contribution in [3.63, 3.8) is 0 Å². The minimum atomic E-state index is -3.45. The molecule has 0 heterocycles. The van der Waals surface area contributed by atoms with Gasteiger partial charge in [0.2, 0.25) is 10.0 Å². The molecule has 0 amide bonds. The molecule has 1 aliphatic rings. The molecule has 0 saturated heterocycles. The Bertz CT molecular complexity index is 535. The van der Waals surface area contributed by atoms with E-state index in [9.17, 15) is 8.42 Å². The first-order chi connectivity index (χ1) is 10.0. The zero-order valence-corrected chi connectivity index (χ0v) is 13.1. The molecule has 2 N–H and O–H groups in total. The first-order valence-corrected chi connectivity index (χ1v) is 8.87. The van der Waals surface area contributed by atoms with E-state index in [0.717, 1.165) is 24.8 Å². The number of hydrogen-bond acceptors (Lipinski definition) is 4. The lowest BCUT2D eigenvalue weighted by Gasteiger charge is -2.35. The number of nitrogens with one attached hydrogen (secondary N) is 1. The van der Waals surface area contributed by atoms with Gasteiger partial charge >= 0.3 is 0 Å². The summed E-state index contributed by atoms with van der Waals surface area (Å²) in [6.07, 6.45) is 3.10. The second kappa shape index (κ2) is 7.35. The molecule has 0 aliphatic heterocycles. The molecule has 21 heavy (non-hydrogen) atoms. The summed E-state index contributed by atoms with van der Waals surface area (Å²) in [5.41, 5.74) is 1.03. The SMILES string of the molecule is CCOC1CC(NS(=O)(=O)c2ccc(CCCO)cc2)C1. The number of hydrogen-bond donors (Lipinski definition) is 2.